The van der Waals surface area contributed by atoms with Crippen LogP contribution in [0.1, 0.15) is 32.8 Å². The molecule has 4 heteroatoms. The summed E-state index contributed by atoms with van der Waals surface area (Å²) in [5, 5.41) is 9.01. The Balaban J connectivity index is 3.16. The number of carboxylic acid groups (broad SMARTS) is 1. The van der Waals surface area contributed by atoms with E-state index in [-0.39, 0.29) is 6.42 Å². The van der Waals surface area contributed by atoms with E-state index >= 15 is 0 Å². The molecule has 106 valence electrons. The Morgan fingerprint density at radius 3 is 2.53 bits per heavy atom. The first-order chi connectivity index (χ1) is 8.81. The van der Waals surface area contributed by atoms with E-state index in [4.69, 9.17) is 9.84 Å². The third-order valence-corrected chi connectivity index (χ3v) is 3.50. The standard InChI is InChI=1S/C15H23NO3/c1-6-11-7-8-13(19-5)12(9-11)16(4)15(2,3)10-14(17)18/h7-9H,6,10H2,1-5H3,(H,17,18). The van der Waals surface area contributed by atoms with E-state index in [0.29, 0.717) is 0 Å². The zero-order valence-corrected chi connectivity index (χ0v) is 12.4. The highest BCUT2D eigenvalue weighted by atomic mass is 16.5. The number of benzene rings is 1. The number of aryl methyl sites for hydroxylation is 1. The lowest BCUT2D eigenvalue weighted by atomic mass is 9.97. The smallest absolute Gasteiger partial charge is 0.305 e. The summed E-state index contributed by atoms with van der Waals surface area (Å²) in [6.45, 7) is 5.92. The van der Waals surface area contributed by atoms with Crippen molar-refractivity contribution in [3.8, 4) is 5.75 Å². The van der Waals surface area contributed by atoms with Crippen molar-refractivity contribution in [3.63, 3.8) is 0 Å². The van der Waals surface area contributed by atoms with Gasteiger partial charge in [-0.3, -0.25) is 4.79 Å². The number of carboxylic acids is 1. The van der Waals surface area contributed by atoms with Crippen molar-refractivity contribution in [1.82, 2.24) is 0 Å². The molecule has 0 fully saturated rings. The summed E-state index contributed by atoms with van der Waals surface area (Å²) in [6, 6.07) is 6.02. The number of ether oxygens (including phenoxy) is 1. The molecule has 0 aliphatic carbocycles. The second kappa shape index (κ2) is 5.95. The normalized spacial score (nSPS) is 11.2. The number of hydrogen-bond donors (Lipinski definition) is 1. The molecule has 4 nitrogen and oxygen atoms in total. The molecule has 0 saturated carbocycles. The molecule has 0 saturated heterocycles. The highest BCUT2D eigenvalue weighted by Crippen LogP contribution is 2.34. The van der Waals surface area contributed by atoms with E-state index in [2.05, 4.69) is 13.0 Å². The van der Waals surface area contributed by atoms with Crippen molar-refractivity contribution in [2.45, 2.75) is 39.2 Å². The first kappa shape index (κ1) is 15.3. The molecule has 0 unspecified atom stereocenters. The molecule has 0 atom stereocenters. The van der Waals surface area contributed by atoms with Crippen molar-refractivity contribution in [3.05, 3.63) is 23.8 Å². The maximum atomic E-state index is 11.0. The van der Waals surface area contributed by atoms with E-state index in [9.17, 15) is 4.79 Å². The Labute approximate surface area is 115 Å². The van der Waals surface area contributed by atoms with Gasteiger partial charge in [-0.05, 0) is 38.0 Å². The molecular formula is C15H23NO3. The molecule has 0 radical (unpaired) electrons. The predicted octanol–water partition coefficient (Wildman–Crippen LogP) is 2.95. The van der Waals surface area contributed by atoms with E-state index in [1.807, 2.05) is 37.9 Å². The van der Waals surface area contributed by atoms with Crippen LogP contribution in [0.2, 0.25) is 0 Å². The van der Waals surface area contributed by atoms with Crippen molar-refractivity contribution < 1.29 is 14.6 Å². The van der Waals surface area contributed by atoms with Crippen LogP contribution in [-0.4, -0.2) is 30.8 Å². The number of rotatable bonds is 6. The molecule has 1 N–H and O–H groups in total. The third kappa shape index (κ3) is 3.63. The van der Waals surface area contributed by atoms with Gasteiger partial charge in [0.15, 0.2) is 0 Å². The Morgan fingerprint density at radius 1 is 1.42 bits per heavy atom. The third-order valence-electron chi connectivity index (χ3n) is 3.50. The second-order valence-corrected chi connectivity index (χ2v) is 5.30. The van der Waals surface area contributed by atoms with Gasteiger partial charge in [0.05, 0.1) is 19.2 Å². The van der Waals surface area contributed by atoms with Crippen molar-refractivity contribution in [1.29, 1.82) is 0 Å². The van der Waals surface area contributed by atoms with Gasteiger partial charge in [0, 0.05) is 12.6 Å². The van der Waals surface area contributed by atoms with Crippen LogP contribution in [0.4, 0.5) is 5.69 Å². The molecule has 0 aromatic heterocycles. The Bertz CT molecular complexity index is 455. The Kier molecular flexibility index (Phi) is 4.81. The molecule has 1 rings (SSSR count). The van der Waals surface area contributed by atoms with Gasteiger partial charge in [0.1, 0.15) is 5.75 Å². The Hall–Kier alpha value is -1.71. The SMILES string of the molecule is CCc1ccc(OC)c(N(C)C(C)(C)CC(=O)O)c1. The van der Waals surface area contributed by atoms with Crippen LogP contribution in [0.3, 0.4) is 0 Å². The molecular weight excluding hydrogens is 242 g/mol. The number of carbonyl (C=O) groups is 1. The first-order valence-electron chi connectivity index (χ1n) is 6.44. The van der Waals surface area contributed by atoms with Gasteiger partial charge in [0.25, 0.3) is 0 Å². The van der Waals surface area contributed by atoms with Crippen molar-refractivity contribution in [2.24, 2.45) is 0 Å². The van der Waals surface area contributed by atoms with Crippen LogP contribution in [0, 0.1) is 0 Å². The summed E-state index contributed by atoms with van der Waals surface area (Å²) in [6.07, 6.45) is 1.01. The second-order valence-electron chi connectivity index (χ2n) is 5.30. The summed E-state index contributed by atoms with van der Waals surface area (Å²) in [7, 11) is 3.53. The zero-order valence-electron chi connectivity index (χ0n) is 12.4. The van der Waals surface area contributed by atoms with Crippen LogP contribution >= 0.6 is 0 Å². The van der Waals surface area contributed by atoms with Crippen molar-refractivity contribution >= 4 is 11.7 Å². The highest BCUT2D eigenvalue weighted by molar-refractivity contribution is 5.70. The lowest BCUT2D eigenvalue weighted by molar-refractivity contribution is -0.138. The number of anilines is 1. The molecule has 1 aromatic carbocycles. The minimum atomic E-state index is -0.803. The summed E-state index contributed by atoms with van der Waals surface area (Å²) >= 11 is 0. The van der Waals surface area contributed by atoms with Gasteiger partial charge in [-0.15, -0.1) is 0 Å². The maximum absolute atomic E-state index is 11.0. The molecule has 0 spiro atoms. The fourth-order valence-corrected chi connectivity index (χ4v) is 2.03. The molecule has 0 aliphatic heterocycles. The summed E-state index contributed by atoms with van der Waals surface area (Å²) in [5.74, 6) is -0.0411. The number of aliphatic carboxylic acids is 1. The van der Waals surface area contributed by atoms with Gasteiger partial charge in [-0.25, -0.2) is 0 Å². The summed E-state index contributed by atoms with van der Waals surface area (Å²) < 4.78 is 5.38. The fraction of sp³-hybridized carbons (Fsp3) is 0.533. The van der Waals surface area contributed by atoms with Gasteiger partial charge in [-0.2, -0.15) is 0 Å². The maximum Gasteiger partial charge on any atom is 0.305 e. The van der Waals surface area contributed by atoms with Gasteiger partial charge in [0.2, 0.25) is 0 Å². The van der Waals surface area contributed by atoms with Crippen LogP contribution in [0.15, 0.2) is 18.2 Å². The van der Waals surface area contributed by atoms with Crippen LogP contribution in [0.5, 0.6) is 5.75 Å². The minimum absolute atomic E-state index is 0.0724. The van der Waals surface area contributed by atoms with E-state index in [1.54, 1.807) is 7.11 Å². The molecule has 0 amide bonds. The van der Waals surface area contributed by atoms with Gasteiger partial charge in [-0.1, -0.05) is 13.0 Å². The van der Waals surface area contributed by atoms with Crippen LogP contribution in [-0.2, 0) is 11.2 Å². The van der Waals surface area contributed by atoms with E-state index in [1.165, 1.54) is 5.56 Å². The predicted molar refractivity (Wildman–Crippen MR) is 77.1 cm³/mol. The van der Waals surface area contributed by atoms with E-state index < -0.39 is 11.5 Å². The number of nitrogens with zero attached hydrogens (tertiary/aromatic N) is 1. The number of methoxy groups -OCH3 is 1. The highest BCUT2D eigenvalue weighted by Gasteiger charge is 2.28. The quantitative estimate of drug-likeness (QED) is 0.859. The molecule has 0 heterocycles. The van der Waals surface area contributed by atoms with E-state index in [0.717, 1.165) is 17.9 Å². The average molecular weight is 265 g/mol. The average Bonchev–Trinajstić information content (AvgIpc) is 2.35. The lowest BCUT2D eigenvalue weighted by Gasteiger charge is -2.37. The summed E-state index contributed by atoms with van der Waals surface area (Å²) in [4.78, 5) is 12.9. The number of hydrogen-bond acceptors (Lipinski definition) is 3. The first-order valence-corrected chi connectivity index (χ1v) is 6.44. The summed E-state index contributed by atoms with van der Waals surface area (Å²) in [5.41, 5.74) is 1.65. The Morgan fingerprint density at radius 2 is 2.05 bits per heavy atom. The molecule has 19 heavy (non-hydrogen) atoms. The molecule has 1 aromatic rings. The topological polar surface area (TPSA) is 49.8 Å². The van der Waals surface area contributed by atoms with Crippen LogP contribution < -0.4 is 9.64 Å². The monoisotopic (exact) mass is 265 g/mol. The zero-order chi connectivity index (χ0) is 14.6. The lowest BCUT2D eigenvalue weighted by Crippen LogP contribution is -2.43. The van der Waals surface area contributed by atoms with Gasteiger partial charge >= 0.3 is 5.97 Å². The van der Waals surface area contributed by atoms with Gasteiger partial charge < -0.3 is 14.7 Å². The largest absolute Gasteiger partial charge is 0.495 e. The minimum Gasteiger partial charge on any atom is -0.495 e. The molecule has 0 bridgehead atoms. The van der Waals surface area contributed by atoms with Crippen LogP contribution in [0.25, 0.3) is 0 Å². The molecule has 0 aliphatic rings. The van der Waals surface area contributed by atoms with Crippen molar-refractivity contribution in [2.75, 3.05) is 19.1 Å². The fourth-order valence-electron chi connectivity index (χ4n) is 2.03.